The topological polar surface area (TPSA) is 101 Å². The van der Waals surface area contributed by atoms with Gasteiger partial charge in [-0.1, -0.05) is 17.2 Å². The van der Waals surface area contributed by atoms with Crippen LogP contribution in [-0.4, -0.2) is 24.2 Å². The molecule has 1 aliphatic heterocycles. The fourth-order valence-electron chi connectivity index (χ4n) is 2.09. The monoisotopic (exact) mass is 248 g/mol. The minimum absolute atomic E-state index is 0.0889. The summed E-state index contributed by atoms with van der Waals surface area (Å²) in [6.07, 6.45) is 0.630. The molecule has 0 radical (unpaired) electrons. The Hall–Kier alpha value is -2.11. The Labute approximate surface area is 103 Å². The molecule has 2 atom stereocenters. The number of ether oxygens (including phenoxy) is 1. The number of azide groups is 1. The molecule has 2 unspecified atom stereocenters. The van der Waals surface area contributed by atoms with Crippen LogP contribution in [-0.2, 0) is 4.74 Å². The largest absolute Gasteiger partial charge is 0.377 e. The van der Waals surface area contributed by atoms with Crippen LogP contribution in [0.5, 0.6) is 0 Å². The van der Waals surface area contributed by atoms with E-state index in [0.717, 1.165) is 12.0 Å². The maximum Gasteiger partial charge on any atom is 0.269 e. The normalized spacial score (nSPS) is 22.4. The first-order chi connectivity index (χ1) is 8.70. The summed E-state index contributed by atoms with van der Waals surface area (Å²) in [5.41, 5.74) is 9.22. The molecular formula is C11H12N4O3. The van der Waals surface area contributed by atoms with Crippen molar-refractivity contribution in [3.8, 4) is 0 Å². The van der Waals surface area contributed by atoms with Crippen LogP contribution < -0.4 is 0 Å². The Balaban J connectivity index is 2.07. The van der Waals surface area contributed by atoms with Crippen molar-refractivity contribution in [3.63, 3.8) is 0 Å². The second-order valence-electron chi connectivity index (χ2n) is 4.15. The van der Waals surface area contributed by atoms with Gasteiger partial charge in [-0.25, -0.2) is 0 Å². The van der Waals surface area contributed by atoms with Crippen molar-refractivity contribution < 1.29 is 9.66 Å². The summed E-state index contributed by atoms with van der Waals surface area (Å²) in [7, 11) is 0. The van der Waals surface area contributed by atoms with Crippen molar-refractivity contribution in [1.29, 1.82) is 0 Å². The number of rotatable bonds is 4. The van der Waals surface area contributed by atoms with E-state index in [1.807, 2.05) is 6.07 Å². The number of hydrogen-bond acceptors (Lipinski definition) is 4. The maximum atomic E-state index is 10.7. The smallest absolute Gasteiger partial charge is 0.269 e. The van der Waals surface area contributed by atoms with E-state index >= 15 is 0 Å². The van der Waals surface area contributed by atoms with Crippen LogP contribution in [0.3, 0.4) is 0 Å². The second kappa shape index (κ2) is 5.48. The van der Waals surface area contributed by atoms with E-state index in [1.165, 1.54) is 6.07 Å². The predicted molar refractivity (Wildman–Crippen MR) is 64.2 cm³/mol. The fourth-order valence-corrected chi connectivity index (χ4v) is 2.09. The molecule has 0 aromatic heterocycles. The lowest BCUT2D eigenvalue weighted by Crippen LogP contribution is -2.08. The van der Waals surface area contributed by atoms with Gasteiger partial charge in [-0.15, -0.1) is 0 Å². The molecule has 0 N–H and O–H groups in total. The predicted octanol–water partition coefficient (Wildman–Crippen LogP) is 2.78. The average molecular weight is 248 g/mol. The zero-order valence-electron chi connectivity index (χ0n) is 9.60. The van der Waals surface area contributed by atoms with E-state index in [0.29, 0.717) is 13.2 Å². The molecule has 1 saturated heterocycles. The summed E-state index contributed by atoms with van der Waals surface area (Å²) in [5, 5.41) is 14.2. The average Bonchev–Trinajstić information content (AvgIpc) is 2.85. The van der Waals surface area contributed by atoms with Crippen LogP contribution in [0.4, 0.5) is 5.69 Å². The van der Waals surface area contributed by atoms with Crippen molar-refractivity contribution in [3.05, 3.63) is 50.4 Å². The summed E-state index contributed by atoms with van der Waals surface area (Å²) in [6.45, 7) is 0.814. The molecule has 0 bridgehead atoms. The number of nitro groups is 1. The van der Waals surface area contributed by atoms with Gasteiger partial charge in [0.2, 0.25) is 0 Å². The molecule has 2 rings (SSSR count). The molecule has 7 heteroatoms. The third-order valence-electron chi connectivity index (χ3n) is 2.98. The zero-order valence-corrected chi connectivity index (χ0v) is 9.60. The van der Waals surface area contributed by atoms with Gasteiger partial charge in [0.15, 0.2) is 0 Å². The lowest BCUT2D eigenvalue weighted by atomic mass is 9.96. The number of non-ortho nitro benzene ring substituents is 1. The van der Waals surface area contributed by atoms with E-state index in [4.69, 9.17) is 10.3 Å². The van der Waals surface area contributed by atoms with Gasteiger partial charge in [0, 0.05) is 23.0 Å². The SMILES string of the molecule is [N-]=[N+]=NCC1CC(c2cccc([N+](=O)[O-])c2)CO1. The lowest BCUT2D eigenvalue weighted by Gasteiger charge is -2.07. The highest BCUT2D eigenvalue weighted by Crippen LogP contribution is 2.31. The first kappa shape index (κ1) is 12.3. The highest BCUT2D eigenvalue weighted by molar-refractivity contribution is 5.36. The molecule has 0 aliphatic carbocycles. The van der Waals surface area contributed by atoms with Gasteiger partial charge in [0.1, 0.15) is 0 Å². The van der Waals surface area contributed by atoms with Gasteiger partial charge in [-0.2, -0.15) is 0 Å². The first-order valence-corrected chi connectivity index (χ1v) is 5.57. The molecule has 7 nitrogen and oxygen atoms in total. The van der Waals surface area contributed by atoms with Gasteiger partial charge in [0.05, 0.1) is 24.2 Å². The third-order valence-corrected chi connectivity index (χ3v) is 2.98. The molecule has 1 heterocycles. The minimum atomic E-state index is -0.406. The van der Waals surface area contributed by atoms with Crippen molar-refractivity contribution in [2.45, 2.75) is 18.4 Å². The highest BCUT2D eigenvalue weighted by Gasteiger charge is 2.26. The van der Waals surface area contributed by atoms with Crippen molar-refractivity contribution in [2.75, 3.05) is 13.2 Å². The Morgan fingerprint density at radius 3 is 3.17 bits per heavy atom. The Morgan fingerprint density at radius 2 is 2.44 bits per heavy atom. The summed E-state index contributed by atoms with van der Waals surface area (Å²) in [4.78, 5) is 13.0. The van der Waals surface area contributed by atoms with Gasteiger partial charge < -0.3 is 4.74 Å². The number of nitrogens with zero attached hydrogens (tertiary/aromatic N) is 4. The molecule has 1 aliphatic rings. The summed E-state index contributed by atoms with van der Waals surface area (Å²) in [6, 6.07) is 6.58. The third kappa shape index (κ3) is 2.77. The molecule has 18 heavy (non-hydrogen) atoms. The van der Waals surface area contributed by atoms with Crippen LogP contribution in [0.1, 0.15) is 17.9 Å². The van der Waals surface area contributed by atoms with E-state index in [9.17, 15) is 10.1 Å². The Morgan fingerprint density at radius 1 is 1.61 bits per heavy atom. The van der Waals surface area contributed by atoms with Gasteiger partial charge in [-0.05, 0) is 17.5 Å². The van der Waals surface area contributed by atoms with Crippen molar-refractivity contribution in [1.82, 2.24) is 0 Å². The van der Waals surface area contributed by atoms with Crippen molar-refractivity contribution in [2.24, 2.45) is 5.11 Å². The lowest BCUT2D eigenvalue weighted by molar-refractivity contribution is -0.384. The quantitative estimate of drug-likeness (QED) is 0.269. The second-order valence-corrected chi connectivity index (χ2v) is 4.15. The van der Waals surface area contributed by atoms with E-state index in [1.54, 1.807) is 12.1 Å². The standard InChI is InChI=1S/C11H12N4O3/c12-14-13-6-11-5-9(7-18-11)8-2-1-3-10(4-8)15(16)17/h1-4,9,11H,5-7H2. The fraction of sp³-hybridized carbons (Fsp3) is 0.455. The molecule has 0 spiro atoms. The number of benzene rings is 1. The van der Waals surface area contributed by atoms with Gasteiger partial charge in [0.25, 0.3) is 5.69 Å². The minimum Gasteiger partial charge on any atom is -0.377 e. The Bertz CT molecular complexity index is 499. The van der Waals surface area contributed by atoms with E-state index < -0.39 is 4.92 Å². The summed E-state index contributed by atoms with van der Waals surface area (Å²) < 4.78 is 5.49. The first-order valence-electron chi connectivity index (χ1n) is 5.57. The number of hydrogen-bond donors (Lipinski definition) is 0. The molecule has 1 fully saturated rings. The molecule has 94 valence electrons. The van der Waals surface area contributed by atoms with Crippen LogP contribution in [0.15, 0.2) is 29.4 Å². The van der Waals surface area contributed by atoms with Crippen LogP contribution in [0.25, 0.3) is 10.4 Å². The van der Waals surface area contributed by atoms with Gasteiger partial charge in [-0.3, -0.25) is 10.1 Å². The molecule has 1 aromatic carbocycles. The molecule has 1 aromatic rings. The van der Waals surface area contributed by atoms with Crippen molar-refractivity contribution >= 4 is 5.69 Å². The summed E-state index contributed by atoms with van der Waals surface area (Å²) in [5.74, 6) is 0.129. The zero-order chi connectivity index (χ0) is 13.0. The molecule has 0 amide bonds. The van der Waals surface area contributed by atoms with Crippen LogP contribution in [0, 0.1) is 10.1 Å². The van der Waals surface area contributed by atoms with E-state index in [2.05, 4.69) is 10.0 Å². The number of nitro benzene ring substituents is 1. The molecular weight excluding hydrogens is 236 g/mol. The maximum absolute atomic E-state index is 10.7. The van der Waals surface area contributed by atoms with Gasteiger partial charge >= 0.3 is 0 Å². The van der Waals surface area contributed by atoms with Crippen LogP contribution in [0.2, 0.25) is 0 Å². The highest BCUT2D eigenvalue weighted by atomic mass is 16.6. The summed E-state index contributed by atoms with van der Waals surface area (Å²) >= 11 is 0. The Kier molecular flexibility index (Phi) is 3.76. The van der Waals surface area contributed by atoms with E-state index in [-0.39, 0.29) is 17.7 Å². The van der Waals surface area contributed by atoms with Crippen LogP contribution >= 0.6 is 0 Å². The molecule has 0 saturated carbocycles.